The van der Waals surface area contributed by atoms with Crippen LogP contribution in [-0.2, 0) is 15.9 Å². The summed E-state index contributed by atoms with van der Waals surface area (Å²) in [5.41, 5.74) is 1.22. The molecule has 2 N–H and O–H groups in total. The first-order valence-electron chi connectivity index (χ1n) is 8.41. The first-order chi connectivity index (χ1) is 11.4. The molecule has 2 rings (SSSR count). The summed E-state index contributed by atoms with van der Waals surface area (Å²) in [5.74, 6) is 0.827. The van der Waals surface area contributed by atoms with Gasteiger partial charge in [0.2, 0.25) is 0 Å². The van der Waals surface area contributed by atoms with Crippen LogP contribution >= 0.6 is 24.0 Å². The third-order valence-corrected chi connectivity index (χ3v) is 3.74. The monoisotopic (exact) mass is 448 g/mol. The van der Waals surface area contributed by atoms with E-state index in [2.05, 4.69) is 26.7 Å². The van der Waals surface area contributed by atoms with Crippen molar-refractivity contribution in [3.63, 3.8) is 0 Å². The molecule has 0 amide bonds. The molecule has 0 spiro atoms. The van der Waals surface area contributed by atoms with Crippen LogP contribution in [0.3, 0.4) is 0 Å². The fraction of sp³-hybridized carbons (Fsp3) is 0.647. The van der Waals surface area contributed by atoms with Gasteiger partial charge < -0.3 is 20.1 Å². The molecule has 0 bridgehead atoms. The lowest BCUT2D eigenvalue weighted by Gasteiger charge is -2.13. The van der Waals surface area contributed by atoms with Crippen molar-refractivity contribution in [1.82, 2.24) is 15.6 Å². The van der Waals surface area contributed by atoms with E-state index >= 15 is 0 Å². The van der Waals surface area contributed by atoms with Crippen LogP contribution in [-0.4, -0.2) is 57.0 Å². The van der Waals surface area contributed by atoms with Gasteiger partial charge in [-0.1, -0.05) is 6.07 Å². The van der Waals surface area contributed by atoms with Gasteiger partial charge in [0.15, 0.2) is 5.96 Å². The predicted octanol–water partition coefficient (Wildman–Crippen LogP) is 1.99. The maximum atomic E-state index is 5.64. The van der Waals surface area contributed by atoms with E-state index in [1.54, 1.807) is 13.2 Å². The van der Waals surface area contributed by atoms with Crippen LogP contribution in [0.5, 0.6) is 0 Å². The summed E-state index contributed by atoms with van der Waals surface area (Å²) < 4.78 is 11.2. The van der Waals surface area contributed by atoms with E-state index in [9.17, 15) is 0 Å². The number of pyridine rings is 1. The predicted molar refractivity (Wildman–Crippen MR) is 107 cm³/mol. The maximum absolute atomic E-state index is 5.64. The number of ether oxygens (including phenoxy) is 2. The van der Waals surface area contributed by atoms with Crippen LogP contribution in [0.4, 0.5) is 0 Å². The van der Waals surface area contributed by atoms with Gasteiger partial charge in [-0.25, -0.2) is 0 Å². The Morgan fingerprint density at radius 1 is 1.42 bits per heavy atom. The second kappa shape index (κ2) is 13.4. The molecule has 1 saturated heterocycles. The van der Waals surface area contributed by atoms with E-state index in [-0.39, 0.29) is 24.0 Å². The zero-order valence-corrected chi connectivity index (χ0v) is 16.7. The second-order valence-corrected chi connectivity index (χ2v) is 5.60. The summed E-state index contributed by atoms with van der Waals surface area (Å²) in [7, 11) is 1.79. The van der Waals surface area contributed by atoms with E-state index < -0.39 is 0 Å². The minimum Gasteiger partial charge on any atom is -0.379 e. The van der Waals surface area contributed by atoms with Crippen molar-refractivity contribution in [2.24, 2.45) is 4.99 Å². The third kappa shape index (κ3) is 8.79. The van der Waals surface area contributed by atoms with Gasteiger partial charge in [-0.15, -0.1) is 24.0 Å². The molecule has 1 aliphatic heterocycles. The average molecular weight is 448 g/mol. The Morgan fingerprint density at radius 3 is 3.00 bits per heavy atom. The summed E-state index contributed by atoms with van der Waals surface area (Å²) in [5, 5.41) is 6.60. The van der Waals surface area contributed by atoms with Crippen molar-refractivity contribution in [2.45, 2.75) is 31.8 Å². The standard InChI is InChI=1S/C17H28N4O2.HI/c1-18-17(21-10-7-15-5-2-8-19-13-15)20-9-4-11-22-14-16-6-3-12-23-16;/h2,5,8,13,16H,3-4,6-7,9-12,14H2,1H3,(H2,18,20,21);1H. The summed E-state index contributed by atoms with van der Waals surface area (Å²) in [4.78, 5) is 8.33. The van der Waals surface area contributed by atoms with Gasteiger partial charge in [0.05, 0.1) is 12.7 Å². The molecule has 2 heterocycles. The molecule has 1 aliphatic rings. The van der Waals surface area contributed by atoms with Crippen LogP contribution in [0.2, 0.25) is 0 Å². The number of guanidine groups is 1. The van der Waals surface area contributed by atoms with Crippen LogP contribution in [0.15, 0.2) is 29.5 Å². The number of hydrogen-bond donors (Lipinski definition) is 2. The lowest BCUT2D eigenvalue weighted by molar-refractivity contribution is 0.0168. The van der Waals surface area contributed by atoms with Crippen LogP contribution in [0, 0.1) is 0 Å². The highest BCUT2D eigenvalue weighted by Gasteiger charge is 2.14. The Kier molecular flexibility index (Phi) is 11.8. The number of aromatic nitrogens is 1. The topological polar surface area (TPSA) is 67.8 Å². The summed E-state index contributed by atoms with van der Waals surface area (Å²) in [6.45, 7) is 4.03. The molecule has 1 fully saturated rings. The molecule has 7 heteroatoms. The minimum absolute atomic E-state index is 0. The SMILES string of the molecule is CN=C(NCCCOCC1CCCO1)NCCc1cccnc1.I. The lowest BCUT2D eigenvalue weighted by atomic mass is 10.2. The zero-order chi connectivity index (χ0) is 16.2. The van der Waals surface area contributed by atoms with Gasteiger partial charge in [0.25, 0.3) is 0 Å². The number of nitrogens with zero attached hydrogens (tertiary/aromatic N) is 2. The zero-order valence-electron chi connectivity index (χ0n) is 14.4. The van der Waals surface area contributed by atoms with Crippen LogP contribution in [0.1, 0.15) is 24.8 Å². The number of hydrogen-bond acceptors (Lipinski definition) is 4. The summed E-state index contributed by atoms with van der Waals surface area (Å²) in [6, 6.07) is 4.04. The fourth-order valence-electron chi connectivity index (χ4n) is 2.46. The van der Waals surface area contributed by atoms with Crippen molar-refractivity contribution in [1.29, 1.82) is 0 Å². The molecular formula is C17H29IN4O2. The molecule has 136 valence electrons. The van der Waals surface area contributed by atoms with Crippen molar-refractivity contribution >= 4 is 29.9 Å². The van der Waals surface area contributed by atoms with Crippen LogP contribution in [0.25, 0.3) is 0 Å². The molecule has 0 aromatic carbocycles. The van der Waals surface area contributed by atoms with E-state index in [4.69, 9.17) is 9.47 Å². The maximum Gasteiger partial charge on any atom is 0.190 e. The molecule has 6 nitrogen and oxygen atoms in total. The van der Waals surface area contributed by atoms with E-state index in [0.29, 0.717) is 6.10 Å². The molecule has 0 saturated carbocycles. The number of nitrogens with one attached hydrogen (secondary N) is 2. The quantitative estimate of drug-likeness (QED) is 0.262. The largest absolute Gasteiger partial charge is 0.379 e. The Hall–Kier alpha value is -0.930. The molecule has 1 aromatic rings. The highest BCUT2D eigenvalue weighted by Crippen LogP contribution is 2.11. The number of halogens is 1. The van der Waals surface area contributed by atoms with E-state index in [0.717, 1.165) is 64.6 Å². The smallest absolute Gasteiger partial charge is 0.190 e. The van der Waals surface area contributed by atoms with Crippen molar-refractivity contribution in [3.8, 4) is 0 Å². The summed E-state index contributed by atoms with van der Waals surface area (Å²) >= 11 is 0. The van der Waals surface area contributed by atoms with Crippen molar-refractivity contribution in [2.75, 3.05) is 40.0 Å². The van der Waals surface area contributed by atoms with Crippen molar-refractivity contribution in [3.05, 3.63) is 30.1 Å². The normalized spacial score (nSPS) is 17.4. The molecule has 1 aromatic heterocycles. The Morgan fingerprint density at radius 2 is 2.29 bits per heavy atom. The highest BCUT2D eigenvalue weighted by molar-refractivity contribution is 14.0. The van der Waals surface area contributed by atoms with Gasteiger partial charge in [-0.05, 0) is 37.3 Å². The molecule has 24 heavy (non-hydrogen) atoms. The van der Waals surface area contributed by atoms with E-state index in [1.807, 2.05) is 12.3 Å². The van der Waals surface area contributed by atoms with Gasteiger partial charge in [-0.2, -0.15) is 0 Å². The fourth-order valence-corrected chi connectivity index (χ4v) is 2.46. The number of aliphatic imine (C=N–C) groups is 1. The van der Waals surface area contributed by atoms with Gasteiger partial charge in [0.1, 0.15) is 0 Å². The van der Waals surface area contributed by atoms with Crippen molar-refractivity contribution < 1.29 is 9.47 Å². The average Bonchev–Trinajstić information content (AvgIpc) is 3.10. The molecule has 1 atom stereocenters. The minimum atomic E-state index is 0. The summed E-state index contributed by atoms with van der Waals surface area (Å²) in [6.07, 6.45) is 8.17. The Balaban J connectivity index is 0.00000288. The highest BCUT2D eigenvalue weighted by atomic mass is 127. The van der Waals surface area contributed by atoms with Gasteiger partial charge >= 0.3 is 0 Å². The van der Waals surface area contributed by atoms with Gasteiger partial charge in [0, 0.05) is 45.7 Å². The Labute approximate surface area is 161 Å². The second-order valence-electron chi connectivity index (χ2n) is 5.60. The molecule has 1 unspecified atom stereocenters. The van der Waals surface area contributed by atoms with E-state index in [1.165, 1.54) is 5.56 Å². The third-order valence-electron chi connectivity index (χ3n) is 3.74. The van der Waals surface area contributed by atoms with Crippen LogP contribution < -0.4 is 10.6 Å². The first kappa shape index (κ1) is 21.1. The first-order valence-corrected chi connectivity index (χ1v) is 8.41. The Bertz CT molecular complexity index is 453. The lowest BCUT2D eigenvalue weighted by Crippen LogP contribution is -2.39. The molecular weight excluding hydrogens is 419 g/mol. The molecule has 0 radical (unpaired) electrons. The van der Waals surface area contributed by atoms with Gasteiger partial charge in [-0.3, -0.25) is 9.98 Å². The number of rotatable bonds is 9. The molecule has 0 aliphatic carbocycles.